The van der Waals surface area contributed by atoms with Crippen molar-refractivity contribution >= 4 is 12.4 Å². The summed E-state index contributed by atoms with van der Waals surface area (Å²) >= 11 is 0. The SMILES string of the molecule is CCCCCC[P@@](C)(=O)c1ccccc1. The summed E-state index contributed by atoms with van der Waals surface area (Å²) in [5.74, 6) is 0. The van der Waals surface area contributed by atoms with Gasteiger partial charge in [-0.05, 0) is 13.1 Å². The van der Waals surface area contributed by atoms with Crippen LogP contribution in [0.1, 0.15) is 32.6 Å². The molecule has 0 bridgehead atoms. The Morgan fingerprint density at radius 3 is 2.33 bits per heavy atom. The van der Waals surface area contributed by atoms with Crippen molar-refractivity contribution in [3.05, 3.63) is 30.3 Å². The van der Waals surface area contributed by atoms with E-state index in [1.54, 1.807) is 0 Å². The van der Waals surface area contributed by atoms with Crippen LogP contribution in [0.2, 0.25) is 0 Å². The molecule has 0 aliphatic heterocycles. The van der Waals surface area contributed by atoms with E-state index in [0.29, 0.717) is 0 Å². The van der Waals surface area contributed by atoms with Crippen molar-refractivity contribution in [1.29, 1.82) is 0 Å². The van der Waals surface area contributed by atoms with Crippen molar-refractivity contribution in [1.82, 2.24) is 0 Å². The highest BCUT2D eigenvalue weighted by Gasteiger charge is 2.16. The molecular weight excluding hydrogens is 203 g/mol. The highest BCUT2D eigenvalue weighted by Crippen LogP contribution is 2.40. The molecule has 0 N–H and O–H groups in total. The van der Waals surface area contributed by atoms with Crippen LogP contribution in [0.4, 0.5) is 0 Å². The third-order valence-corrected chi connectivity index (χ3v) is 5.30. The molecule has 0 unspecified atom stereocenters. The topological polar surface area (TPSA) is 17.1 Å². The molecule has 1 nitrogen and oxygen atoms in total. The maximum Gasteiger partial charge on any atom is 0.112 e. The highest BCUT2D eigenvalue weighted by atomic mass is 31.2. The Bertz CT molecular complexity index is 319. The summed E-state index contributed by atoms with van der Waals surface area (Å²) in [6, 6.07) is 9.89. The van der Waals surface area contributed by atoms with E-state index in [1.807, 2.05) is 37.0 Å². The van der Waals surface area contributed by atoms with E-state index in [-0.39, 0.29) is 0 Å². The molecule has 1 aromatic carbocycles. The number of rotatable bonds is 6. The van der Waals surface area contributed by atoms with Gasteiger partial charge in [0.05, 0.1) is 0 Å². The molecule has 0 aromatic heterocycles. The first-order valence-corrected chi connectivity index (χ1v) is 8.13. The molecule has 2 heteroatoms. The Hall–Kier alpha value is -0.550. The summed E-state index contributed by atoms with van der Waals surface area (Å²) < 4.78 is 12.4. The van der Waals surface area contributed by atoms with Crippen LogP contribution in [0.25, 0.3) is 0 Å². The Morgan fingerprint density at radius 2 is 1.73 bits per heavy atom. The van der Waals surface area contributed by atoms with Crippen molar-refractivity contribution in [3.63, 3.8) is 0 Å². The summed E-state index contributed by atoms with van der Waals surface area (Å²) in [6.07, 6.45) is 5.66. The van der Waals surface area contributed by atoms with E-state index in [2.05, 4.69) is 6.92 Å². The predicted molar refractivity (Wildman–Crippen MR) is 68.6 cm³/mol. The summed E-state index contributed by atoms with van der Waals surface area (Å²) in [5.41, 5.74) is 0. The number of unbranched alkanes of at least 4 members (excludes halogenated alkanes) is 3. The first kappa shape index (κ1) is 12.5. The van der Waals surface area contributed by atoms with E-state index >= 15 is 0 Å². The minimum Gasteiger partial charge on any atom is -0.319 e. The van der Waals surface area contributed by atoms with Gasteiger partial charge in [-0.2, -0.15) is 0 Å². The summed E-state index contributed by atoms with van der Waals surface area (Å²) in [5, 5.41) is 1.03. The first-order chi connectivity index (χ1) is 7.17. The van der Waals surface area contributed by atoms with Crippen LogP contribution >= 0.6 is 7.14 Å². The molecule has 84 valence electrons. The van der Waals surface area contributed by atoms with E-state index in [9.17, 15) is 4.57 Å². The van der Waals surface area contributed by atoms with Crippen molar-refractivity contribution in [2.24, 2.45) is 0 Å². The number of hydrogen-bond acceptors (Lipinski definition) is 1. The van der Waals surface area contributed by atoms with Gasteiger partial charge in [-0.25, -0.2) is 0 Å². The molecule has 0 radical (unpaired) electrons. The van der Waals surface area contributed by atoms with Crippen molar-refractivity contribution in [2.75, 3.05) is 12.8 Å². The third-order valence-electron chi connectivity index (χ3n) is 2.74. The highest BCUT2D eigenvalue weighted by molar-refractivity contribution is 7.70. The summed E-state index contributed by atoms with van der Waals surface area (Å²) in [6.45, 7) is 4.11. The average molecular weight is 224 g/mol. The fourth-order valence-corrected chi connectivity index (χ4v) is 3.60. The molecule has 0 aliphatic carbocycles. The molecule has 0 amide bonds. The number of benzene rings is 1. The van der Waals surface area contributed by atoms with Crippen LogP contribution in [-0.2, 0) is 4.57 Å². The lowest BCUT2D eigenvalue weighted by Gasteiger charge is -2.12. The van der Waals surface area contributed by atoms with E-state index in [4.69, 9.17) is 0 Å². The molecule has 0 fully saturated rings. The van der Waals surface area contributed by atoms with E-state index in [0.717, 1.165) is 17.9 Å². The fraction of sp³-hybridized carbons (Fsp3) is 0.538. The van der Waals surface area contributed by atoms with Gasteiger partial charge in [-0.3, -0.25) is 0 Å². The second-order valence-corrected chi connectivity index (χ2v) is 7.39. The Balaban J connectivity index is 2.49. The monoisotopic (exact) mass is 224 g/mol. The quantitative estimate of drug-likeness (QED) is 0.529. The molecule has 0 spiro atoms. The van der Waals surface area contributed by atoms with E-state index < -0.39 is 7.14 Å². The zero-order chi connectivity index (χ0) is 11.1. The van der Waals surface area contributed by atoms with Crippen LogP contribution in [0.5, 0.6) is 0 Å². The third kappa shape index (κ3) is 4.22. The van der Waals surface area contributed by atoms with Gasteiger partial charge >= 0.3 is 0 Å². The van der Waals surface area contributed by atoms with Crippen LogP contribution in [0, 0.1) is 0 Å². The zero-order valence-corrected chi connectivity index (χ0v) is 10.7. The van der Waals surface area contributed by atoms with Gasteiger partial charge in [0.1, 0.15) is 7.14 Å². The molecule has 1 rings (SSSR count). The van der Waals surface area contributed by atoms with Gasteiger partial charge < -0.3 is 4.57 Å². The zero-order valence-electron chi connectivity index (χ0n) is 9.78. The Morgan fingerprint density at radius 1 is 1.07 bits per heavy atom. The van der Waals surface area contributed by atoms with Gasteiger partial charge in [0, 0.05) is 11.5 Å². The van der Waals surface area contributed by atoms with Gasteiger partial charge in [0.2, 0.25) is 0 Å². The Kier molecular flexibility index (Phi) is 5.11. The van der Waals surface area contributed by atoms with Crippen LogP contribution in [0.3, 0.4) is 0 Å². The largest absolute Gasteiger partial charge is 0.319 e. The summed E-state index contributed by atoms with van der Waals surface area (Å²) in [7, 11) is -2.09. The van der Waals surface area contributed by atoms with Crippen LogP contribution < -0.4 is 5.30 Å². The second-order valence-electron chi connectivity index (χ2n) is 4.22. The van der Waals surface area contributed by atoms with Crippen LogP contribution in [0.15, 0.2) is 30.3 Å². The lowest BCUT2D eigenvalue weighted by atomic mass is 10.2. The van der Waals surface area contributed by atoms with Gasteiger partial charge in [0.25, 0.3) is 0 Å². The molecule has 0 aliphatic rings. The molecule has 1 atom stereocenters. The molecule has 15 heavy (non-hydrogen) atoms. The van der Waals surface area contributed by atoms with Crippen molar-refractivity contribution in [2.45, 2.75) is 32.6 Å². The van der Waals surface area contributed by atoms with E-state index in [1.165, 1.54) is 19.3 Å². The maximum absolute atomic E-state index is 12.4. The number of hydrogen-bond donors (Lipinski definition) is 0. The standard InChI is InChI=1S/C13H21OP/c1-3-4-5-9-12-15(2,14)13-10-7-6-8-11-13/h6-8,10-11H,3-5,9,12H2,1-2H3/t15-/m1/s1. The fourth-order valence-electron chi connectivity index (χ4n) is 1.71. The molecule has 0 saturated heterocycles. The van der Waals surface area contributed by atoms with Gasteiger partial charge in [0.15, 0.2) is 0 Å². The second kappa shape index (κ2) is 6.12. The maximum atomic E-state index is 12.4. The predicted octanol–water partition coefficient (Wildman–Crippen LogP) is 3.89. The smallest absolute Gasteiger partial charge is 0.112 e. The minimum atomic E-state index is -2.09. The van der Waals surface area contributed by atoms with Gasteiger partial charge in [-0.15, -0.1) is 0 Å². The molecule has 1 aromatic rings. The Labute approximate surface area is 93.3 Å². The van der Waals surface area contributed by atoms with Gasteiger partial charge in [-0.1, -0.05) is 56.5 Å². The van der Waals surface area contributed by atoms with Crippen LogP contribution in [-0.4, -0.2) is 12.8 Å². The van der Waals surface area contributed by atoms with Crippen molar-refractivity contribution in [3.8, 4) is 0 Å². The summed E-state index contributed by atoms with van der Waals surface area (Å²) in [4.78, 5) is 0. The average Bonchev–Trinajstić information content (AvgIpc) is 2.26. The normalized spacial score (nSPS) is 14.8. The minimum absolute atomic E-state index is 0.858. The molecule has 0 heterocycles. The lowest BCUT2D eigenvalue weighted by Crippen LogP contribution is -2.05. The first-order valence-electron chi connectivity index (χ1n) is 5.79. The molecular formula is C13H21OP. The molecule has 0 saturated carbocycles. The van der Waals surface area contributed by atoms with Crippen molar-refractivity contribution < 1.29 is 4.57 Å². The lowest BCUT2D eigenvalue weighted by molar-refractivity contribution is 0.580.